The highest BCUT2D eigenvalue weighted by atomic mass is 16.6. The summed E-state index contributed by atoms with van der Waals surface area (Å²) in [7, 11) is 3.08. The molecule has 0 saturated heterocycles. The van der Waals surface area contributed by atoms with Gasteiger partial charge in [0.2, 0.25) is 11.7 Å². The van der Waals surface area contributed by atoms with Crippen molar-refractivity contribution in [2.24, 2.45) is 0 Å². The van der Waals surface area contributed by atoms with E-state index in [0.29, 0.717) is 36.0 Å². The number of benzene rings is 2. The van der Waals surface area contributed by atoms with Gasteiger partial charge in [-0.25, -0.2) is 0 Å². The largest absolute Gasteiger partial charge is 0.493 e. The molecular weight excluding hydrogens is 360 g/mol. The molecule has 1 aliphatic rings. The van der Waals surface area contributed by atoms with Crippen LogP contribution in [-0.2, 0) is 4.79 Å². The van der Waals surface area contributed by atoms with Gasteiger partial charge in [-0.05, 0) is 43.2 Å². The maximum atomic E-state index is 12.8. The molecule has 0 aromatic heterocycles. The molecule has 3 rings (SSSR count). The molecule has 1 aliphatic heterocycles. The first-order valence-corrected chi connectivity index (χ1v) is 8.99. The van der Waals surface area contributed by atoms with E-state index >= 15 is 0 Å². The predicted octanol–water partition coefficient (Wildman–Crippen LogP) is 2.79. The Labute approximate surface area is 164 Å². The van der Waals surface area contributed by atoms with E-state index in [2.05, 4.69) is 5.32 Å². The Hall–Kier alpha value is -3.22. The molecule has 0 atom stereocenters. The van der Waals surface area contributed by atoms with E-state index in [0.717, 1.165) is 16.8 Å². The first-order valence-electron chi connectivity index (χ1n) is 8.99. The average molecular weight is 384 g/mol. The van der Waals surface area contributed by atoms with Crippen LogP contribution in [0.15, 0.2) is 30.3 Å². The molecule has 0 radical (unpaired) electrons. The zero-order valence-corrected chi connectivity index (χ0v) is 16.5. The number of hydrogen-bond donors (Lipinski definition) is 1. The predicted molar refractivity (Wildman–Crippen MR) is 105 cm³/mol. The third-order valence-corrected chi connectivity index (χ3v) is 4.47. The van der Waals surface area contributed by atoms with Crippen molar-refractivity contribution in [2.75, 3.05) is 39.2 Å². The van der Waals surface area contributed by atoms with Gasteiger partial charge >= 0.3 is 0 Å². The van der Waals surface area contributed by atoms with Crippen LogP contribution in [0.1, 0.15) is 21.5 Å². The highest BCUT2D eigenvalue weighted by Gasteiger charge is 2.23. The molecule has 1 N–H and O–H groups in total. The van der Waals surface area contributed by atoms with Crippen LogP contribution < -0.4 is 19.5 Å². The fourth-order valence-corrected chi connectivity index (χ4v) is 2.96. The van der Waals surface area contributed by atoms with Crippen LogP contribution in [-0.4, -0.2) is 50.6 Å². The quantitative estimate of drug-likeness (QED) is 0.858. The van der Waals surface area contributed by atoms with E-state index < -0.39 is 0 Å². The molecule has 0 unspecified atom stereocenters. The number of carbonyl (C=O) groups is 2. The number of likely N-dealkylation sites (N-methyl/N-ethyl adjacent to an activating group) is 1. The Morgan fingerprint density at radius 1 is 1.14 bits per heavy atom. The minimum atomic E-state index is -0.314. The van der Waals surface area contributed by atoms with Gasteiger partial charge in [0.25, 0.3) is 5.91 Å². The lowest BCUT2D eigenvalue weighted by molar-refractivity contribution is -0.116. The summed E-state index contributed by atoms with van der Waals surface area (Å²) in [5.41, 5.74) is 3.12. The average Bonchev–Trinajstić information content (AvgIpc) is 2.69. The Kier molecular flexibility index (Phi) is 5.73. The second-order valence-corrected chi connectivity index (χ2v) is 6.73. The number of fused-ring (bicyclic) bond motifs is 1. The third-order valence-electron chi connectivity index (χ3n) is 4.47. The van der Waals surface area contributed by atoms with E-state index in [1.165, 1.54) is 12.0 Å². The number of hydrogen-bond acceptors (Lipinski definition) is 5. The van der Waals surface area contributed by atoms with Crippen LogP contribution in [0.3, 0.4) is 0 Å². The zero-order chi connectivity index (χ0) is 20.3. The minimum absolute atomic E-state index is 0.0804. The number of rotatable bonds is 5. The van der Waals surface area contributed by atoms with Crippen molar-refractivity contribution in [1.29, 1.82) is 0 Å². The van der Waals surface area contributed by atoms with Gasteiger partial charge < -0.3 is 24.4 Å². The lowest BCUT2D eigenvalue weighted by Crippen LogP contribution is -2.35. The fraction of sp³-hybridized carbons (Fsp3) is 0.333. The lowest BCUT2D eigenvalue weighted by Gasteiger charge is -2.23. The molecule has 28 heavy (non-hydrogen) atoms. The summed E-state index contributed by atoms with van der Waals surface area (Å²) in [5, 5.41) is 2.86. The maximum Gasteiger partial charge on any atom is 0.254 e. The number of ether oxygens (including phenoxy) is 3. The van der Waals surface area contributed by atoms with Gasteiger partial charge in [-0.1, -0.05) is 12.1 Å². The molecule has 0 fully saturated rings. The molecule has 0 spiro atoms. The molecule has 7 nitrogen and oxygen atoms in total. The molecule has 2 amide bonds. The molecule has 1 heterocycles. The van der Waals surface area contributed by atoms with Gasteiger partial charge in [0, 0.05) is 18.3 Å². The van der Waals surface area contributed by atoms with Crippen LogP contribution in [0, 0.1) is 13.8 Å². The standard InChI is InChI=1S/C21H24N2O5/c1-13-5-6-14(2)16(9-13)22-19(24)12-23(3)21(25)15-10-17(26-4)20-18(11-15)27-7-8-28-20/h5-6,9-11H,7-8,12H2,1-4H3,(H,22,24). The Balaban J connectivity index is 1.72. The molecule has 2 aromatic rings. The van der Waals surface area contributed by atoms with Gasteiger partial charge in [0.15, 0.2) is 11.5 Å². The van der Waals surface area contributed by atoms with Crippen molar-refractivity contribution in [2.45, 2.75) is 13.8 Å². The summed E-state index contributed by atoms with van der Waals surface area (Å²) in [6.07, 6.45) is 0. The van der Waals surface area contributed by atoms with Crippen LogP contribution in [0.5, 0.6) is 17.2 Å². The molecule has 2 aromatic carbocycles. The van der Waals surface area contributed by atoms with Crippen molar-refractivity contribution in [3.05, 3.63) is 47.0 Å². The van der Waals surface area contributed by atoms with Gasteiger partial charge in [0.1, 0.15) is 13.2 Å². The van der Waals surface area contributed by atoms with E-state index in [1.807, 2.05) is 32.0 Å². The van der Waals surface area contributed by atoms with Crippen molar-refractivity contribution < 1.29 is 23.8 Å². The van der Waals surface area contributed by atoms with E-state index in [4.69, 9.17) is 14.2 Å². The van der Waals surface area contributed by atoms with Crippen LogP contribution >= 0.6 is 0 Å². The van der Waals surface area contributed by atoms with E-state index in [1.54, 1.807) is 19.2 Å². The number of nitrogens with zero attached hydrogens (tertiary/aromatic N) is 1. The molecule has 148 valence electrons. The number of amides is 2. The van der Waals surface area contributed by atoms with Gasteiger partial charge in [-0.3, -0.25) is 9.59 Å². The van der Waals surface area contributed by atoms with Gasteiger partial charge in [0.05, 0.1) is 13.7 Å². The van der Waals surface area contributed by atoms with Crippen LogP contribution in [0.2, 0.25) is 0 Å². The Morgan fingerprint density at radius 3 is 2.64 bits per heavy atom. The Bertz CT molecular complexity index is 893. The molecule has 0 bridgehead atoms. The number of carbonyl (C=O) groups excluding carboxylic acids is 2. The van der Waals surface area contributed by atoms with E-state index in [9.17, 15) is 9.59 Å². The highest BCUT2D eigenvalue weighted by Crippen LogP contribution is 2.40. The first-order chi connectivity index (χ1) is 13.4. The van der Waals surface area contributed by atoms with Crippen molar-refractivity contribution in [1.82, 2.24) is 4.90 Å². The SMILES string of the molecule is COc1cc(C(=O)N(C)CC(=O)Nc2cc(C)ccc2C)cc2c1OCCO2. The number of aryl methyl sites for hydroxylation is 2. The summed E-state index contributed by atoms with van der Waals surface area (Å²) in [4.78, 5) is 26.6. The molecule has 0 saturated carbocycles. The summed E-state index contributed by atoms with van der Waals surface area (Å²) in [6.45, 7) is 4.63. The molecular formula is C21H24N2O5. The number of anilines is 1. The van der Waals surface area contributed by atoms with Gasteiger partial charge in [-0.2, -0.15) is 0 Å². The summed E-state index contributed by atoms with van der Waals surface area (Å²) < 4.78 is 16.4. The topological polar surface area (TPSA) is 77.1 Å². The van der Waals surface area contributed by atoms with Crippen molar-refractivity contribution in [3.63, 3.8) is 0 Å². The fourth-order valence-electron chi connectivity index (χ4n) is 2.96. The smallest absolute Gasteiger partial charge is 0.254 e. The monoisotopic (exact) mass is 384 g/mol. The minimum Gasteiger partial charge on any atom is -0.493 e. The maximum absolute atomic E-state index is 12.8. The number of nitrogens with one attached hydrogen (secondary N) is 1. The summed E-state index contributed by atoms with van der Waals surface area (Å²) >= 11 is 0. The second kappa shape index (κ2) is 8.21. The third kappa shape index (κ3) is 4.19. The lowest BCUT2D eigenvalue weighted by atomic mass is 10.1. The summed E-state index contributed by atoms with van der Waals surface area (Å²) in [5.74, 6) is 0.789. The number of methoxy groups -OCH3 is 1. The zero-order valence-electron chi connectivity index (χ0n) is 16.5. The van der Waals surface area contributed by atoms with Crippen molar-refractivity contribution >= 4 is 17.5 Å². The van der Waals surface area contributed by atoms with Gasteiger partial charge in [-0.15, -0.1) is 0 Å². The van der Waals surface area contributed by atoms with Crippen LogP contribution in [0.25, 0.3) is 0 Å². The van der Waals surface area contributed by atoms with Crippen LogP contribution in [0.4, 0.5) is 5.69 Å². The Morgan fingerprint density at radius 2 is 1.89 bits per heavy atom. The van der Waals surface area contributed by atoms with E-state index in [-0.39, 0.29) is 18.4 Å². The molecule has 7 heteroatoms. The van der Waals surface area contributed by atoms with Crippen molar-refractivity contribution in [3.8, 4) is 17.2 Å². The second-order valence-electron chi connectivity index (χ2n) is 6.73. The summed E-state index contributed by atoms with van der Waals surface area (Å²) in [6, 6.07) is 9.03. The molecule has 0 aliphatic carbocycles. The highest BCUT2D eigenvalue weighted by molar-refractivity contribution is 6.00. The normalized spacial score (nSPS) is 12.3. The first kappa shape index (κ1) is 19.5.